The second kappa shape index (κ2) is 9.13. The van der Waals surface area contributed by atoms with E-state index in [9.17, 15) is 17.6 Å². The van der Waals surface area contributed by atoms with Gasteiger partial charge < -0.3 is 5.32 Å². The number of hydrogen-bond acceptors (Lipinski definition) is 5. The van der Waals surface area contributed by atoms with E-state index in [-0.39, 0.29) is 17.6 Å². The third-order valence-electron chi connectivity index (χ3n) is 5.10. The van der Waals surface area contributed by atoms with E-state index in [0.29, 0.717) is 10.7 Å². The number of carbonyl (C=O) groups excluding carboxylic acids is 1. The van der Waals surface area contributed by atoms with Crippen molar-refractivity contribution >= 4 is 27.1 Å². The standard InChI is InChI=1S/C20H25FN2O3S2/c1-14(19(24)22-17-6-4-2-3-5-7-17)28(25,26)13-18-12-27-20(23-18)15-8-10-16(21)11-9-15/h8-12,14,17H,2-7,13H2,1H3,(H,22,24). The summed E-state index contributed by atoms with van der Waals surface area (Å²) in [7, 11) is -3.68. The van der Waals surface area contributed by atoms with Crippen molar-refractivity contribution in [3.05, 3.63) is 41.2 Å². The molecule has 0 saturated heterocycles. The van der Waals surface area contributed by atoms with Crippen LogP contribution in [0.25, 0.3) is 10.6 Å². The molecule has 1 fully saturated rings. The summed E-state index contributed by atoms with van der Waals surface area (Å²) in [6, 6.07) is 5.96. The smallest absolute Gasteiger partial charge is 0.238 e. The SMILES string of the molecule is CC(C(=O)NC1CCCCCC1)S(=O)(=O)Cc1csc(-c2ccc(F)cc2)n1. The zero-order chi connectivity index (χ0) is 20.1. The van der Waals surface area contributed by atoms with Crippen LogP contribution in [0.3, 0.4) is 0 Å². The third kappa shape index (κ3) is 5.38. The second-order valence-corrected chi connectivity index (χ2v) is 10.5. The number of amides is 1. The first kappa shape index (κ1) is 20.9. The first-order valence-electron chi connectivity index (χ1n) is 9.57. The van der Waals surface area contributed by atoms with E-state index in [1.807, 2.05) is 0 Å². The lowest BCUT2D eigenvalue weighted by Gasteiger charge is -2.19. The van der Waals surface area contributed by atoms with E-state index in [4.69, 9.17) is 0 Å². The van der Waals surface area contributed by atoms with Crippen molar-refractivity contribution in [3.63, 3.8) is 0 Å². The maximum absolute atomic E-state index is 13.1. The van der Waals surface area contributed by atoms with Gasteiger partial charge >= 0.3 is 0 Å². The van der Waals surface area contributed by atoms with Gasteiger partial charge in [0.15, 0.2) is 9.84 Å². The summed E-state index contributed by atoms with van der Waals surface area (Å²) in [6.45, 7) is 1.44. The van der Waals surface area contributed by atoms with Gasteiger partial charge in [-0.3, -0.25) is 4.79 Å². The Balaban J connectivity index is 1.64. The Bertz CT molecular complexity index is 902. The first-order valence-corrected chi connectivity index (χ1v) is 12.2. The number of halogens is 1. The van der Waals surface area contributed by atoms with Gasteiger partial charge in [0.25, 0.3) is 0 Å². The third-order valence-corrected chi connectivity index (χ3v) is 8.03. The van der Waals surface area contributed by atoms with Crippen LogP contribution in [-0.4, -0.2) is 30.6 Å². The van der Waals surface area contributed by atoms with Gasteiger partial charge in [0.1, 0.15) is 16.1 Å². The fourth-order valence-corrected chi connectivity index (χ4v) is 5.47. The van der Waals surface area contributed by atoms with Crippen molar-refractivity contribution in [2.24, 2.45) is 0 Å². The van der Waals surface area contributed by atoms with Gasteiger partial charge in [0.2, 0.25) is 5.91 Å². The van der Waals surface area contributed by atoms with Crippen molar-refractivity contribution in [3.8, 4) is 10.6 Å². The number of nitrogens with one attached hydrogen (secondary N) is 1. The Morgan fingerprint density at radius 1 is 1.21 bits per heavy atom. The zero-order valence-corrected chi connectivity index (χ0v) is 17.5. The number of hydrogen-bond donors (Lipinski definition) is 1. The second-order valence-electron chi connectivity index (χ2n) is 7.30. The molecule has 2 aromatic rings. The van der Waals surface area contributed by atoms with E-state index in [2.05, 4.69) is 10.3 Å². The normalized spacial score (nSPS) is 17.1. The van der Waals surface area contributed by atoms with Crippen LogP contribution in [-0.2, 0) is 20.4 Å². The largest absolute Gasteiger partial charge is 0.352 e. The number of aromatic nitrogens is 1. The van der Waals surface area contributed by atoms with E-state index < -0.39 is 21.0 Å². The van der Waals surface area contributed by atoms with Crippen molar-refractivity contribution in [2.75, 3.05) is 0 Å². The Morgan fingerprint density at radius 3 is 2.50 bits per heavy atom. The van der Waals surface area contributed by atoms with E-state index >= 15 is 0 Å². The van der Waals surface area contributed by atoms with Crippen LogP contribution in [0, 0.1) is 5.82 Å². The Morgan fingerprint density at radius 2 is 1.86 bits per heavy atom. The molecule has 0 spiro atoms. The van der Waals surface area contributed by atoms with E-state index in [1.165, 1.54) is 43.2 Å². The Hall–Kier alpha value is -1.80. The molecule has 8 heteroatoms. The first-order chi connectivity index (χ1) is 13.3. The maximum Gasteiger partial charge on any atom is 0.238 e. The summed E-state index contributed by atoms with van der Waals surface area (Å²) in [5, 5.41) is 4.10. The summed E-state index contributed by atoms with van der Waals surface area (Å²) in [6.07, 6.45) is 6.28. The molecular weight excluding hydrogens is 399 g/mol. The Kier molecular flexibility index (Phi) is 6.82. The highest BCUT2D eigenvalue weighted by Gasteiger charge is 2.30. The summed E-state index contributed by atoms with van der Waals surface area (Å²) in [5.74, 6) is -1.05. The number of thiazole rings is 1. The minimum Gasteiger partial charge on any atom is -0.352 e. The Labute approximate surface area is 169 Å². The van der Waals surface area contributed by atoms with Gasteiger partial charge in [0, 0.05) is 17.0 Å². The molecule has 1 atom stereocenters. The highest BCUT2D eigenvalue weighted by molar-refractivity contribution is 7.92. The summed E-state index contributed by atoms with van der Waals surface area (Å²) < 4.78 is 38.4. The minimum atomic E-state index is -3.68. The van der Waals surface area contributed by atoms with Crippen molar-refractivity contribution in [1.82, 2.24) is 10.3 Å². The molecular formula is C20H25FN2O3S2. The molecule has 1 aliphatic carbocycles. The van der Waals surface area contributed by atoms with E-state index in [0.717, 1.165) is 31.2 Å². The van der Waals surface area contributed by atoms with Gasteiger partial charge in [-0.25, -0.2) is 17.8 Å². The molecule has 1 N–H and O–H groups in total. The van der Waals surface area contributed by atoms with Gasteiger partial charge in [-0.2, -0.15) is 0 Å². The molecule has 1 aromatic carbocycles. The number of carbonyl (C=O) groups is 1. The molecule has 28 heavy (non-hydrogen) atoms. The van der Waals surface area contributed by atoms with Crippen molar-refractivity contribution in [1.29, 1.82) is 0 Å². The highest BCUT2D eigenvalue weighted by atomic mass is 32.2. The van der Waals surface area contributed by atoms with Crippen molar-refractivity contribution < 1.29 is 17.6 Å². The molecule has 5 nitrogen and oxygen atoms in total. The molecule has 1 amide bonds. The van der Waals surface area contributed by atoms with Crippen LogP contribution in [0.4, 0.5) is 4.39 Å². The fourth-order valence-electron chi connectivity index (χ4n) is 3.33. The van der Waals surface area contributed by atoms with Crippen molar-refractivity contribution in [2.45, 2.75) is 62.5 Å². The molecule has 0 aliphatic heterocycles. The predicted molar refractivity (Wildman–Crippen MR) is 109 cm³/mol. The van der Waals surface area contributed by atoms with E-state index in [1.54, 1.807) is 17.5 Å². The number of rotatable bonds is 6. The maximum atomic E-state index is 13.1. The summed E-state index contributed by atoms with van der Waals surface area (Å²) in [5.41, 5.74) is 1.13. The van der Waals surface area contributed by atoms with Crippen LogP contribution < -0.4 is 5.32 Å². The van der Waals surface area contributed by atoms with Crippen LogP contribution in [0.1, 0.15) is 51.1 Å². The molecule has 0 bridgehead atoms. The van der Waals surface area contributed by atoms with Gasteiger partial charge in [-0.1, -0.05) is 25.7 Å². The predicted octanol–water partition coefficient (Wildman–Crippen LogP) is 4.09. The minimum absolute atomic E-state index is 0.0667. The molecule has 1 unspecified atom stereocenters. The number of sulfone groups is 1. The van der Waals surface area contributed by atoms with Crippen LogP contribution in [0.5, 0.6) is 0 Å². The molecule has 1 aliphatic rings. The molecule has 1 heterocycles. The van der Waals surface area contributed by atoms with Gasteiger partial charge in [0.05, 0.1) is 11.4 Å². The zero-order valence-electron chi connectivity index (χ0n) is 15.9. The molecule has 1 saturated carbocycles. The lowest BCUT2D eigenvalue weighted by atomic mass is 10.1. The quantitative estimate of drug-likeness (QED) is 0.709. The average Bonchev–Trinajstić information content (AvgIpc) is 2.96. The summed E-state index contributed by atoms with van der Waals surface area (Å²) in [4.78, 5) is 16.8. The van der Waals surface area contributed by atoms with Crippen LogP contribution in [0.2, 0.25) is 0 Å². The fraction of sp³-hybridized carbons (Fsp3) is 0.500. The molecule has 1 aromatic heterocycles. The lowest BCUT2D eigenvalue weighted by Crippen LogP contribution is -2.43. The molecule has 0 radical (unpaired) electrons. The highest BCUT2D eigenvalue weighted by Crippen LogP contribution is 2.25. The summed E-state index contributed by atoms with van der Waals surface area (Å²) >= 11 is 1.30. The van der Waals surface area contributed by atoms with Crippen LogP contribution in [0.15, 0.2) is 29.6 Å². The number of benzene rings is 1. The monoisotopic (exact) mass is 424 g/mol. The van der Waals surface area contributed by atoms with Gasteiger partial charge in [-0.15, -0.1) is 11.3 Å². The van der Waals surface area contributed by atoms with Gasteiger partial charge in [-0.05, 0) is 44.0 Å². The topological polar surface area (TPSA) is 76.1 Å². The van der Waals surface area contributed by atoms with Crippen LogP contribution >= 0.6 is 11.3 Å². The molecule has 152 valence electrons. The number of nitrogens with zero attached hydrogens (tertiary/aromatic N) is 1. The molecule has 3 rings (SSSR count). The lowest BCUT2D eigenvalue weighted by molar-refractivity contribution is -0.121. The average molecular weight is 425 g/mol.